The van der Waals surface area contributed by atoms with Crippen molar-refractivity contribution in [3.63, 3.8) is 0 Å². The van der Waals surface area contributed by atoms with E-state index in [0.717, 1.165) is 5.56 Å². The number of H-pyrrole nitrogens is 1. The maximum Gasteiger partial charge on any atom is 0.277 e. The number of nitrogens with zero attached hydrogens (tertiary/aromatic N) is 3. The van der Waals surface area contributed by atoms with Crippen molar-refractivity contribution in [1.82, 2.24) is 19.6 Å². The van der Waals surface area contributed by atoms with Crippen LogP contribution in [-0.2, 0) is 12.2 Å². The predicted molar refractivity (Wildman–Crippen MR) is 90.1 cm³/mol. The van der Waals surface area contributed by atoms with Crippen molar-refractivity contribution in [3.8, 4) is 0 Å². The number of thioether (sulfide) groups is 1. The number of aliphatic hydroxyl groups is 1. The second-order valence-corrected chi connectivity index (χ2v) is 6.43. The van der Waals surface area contributed by atoms with Crippen LogP contribution in [0.25, 0.3) is 5.78 Å². The van der Waals surface area contributed by atoms with Crippen LogP contribution in [0.1, 0.15) is 16.8 Å². The SMILES string of the molecule is Cc1nc2nc(SCc3ccc(Cl)cc3)[nH]n2c(=O)c1CCO. The third-order valence-electron chi connectivity index (χ3n) is 3.43. The molecule has 0 fully saturated rings. The van der Waals surface area contributed by atoms with E-state index in [2.05, 4.69) is 15.1 Å². The van der Waals surface area contributed by atoms with Crippen LogP contribution in [0, 0.1) is 6.92 Å². The Labute approximate surface area is 141 Å². The molecule has 2 aromatic heterocycles. The number of halogens is 1. The lowest BCUT2D eigenvalue weighted by Gasteiger charge is -2.01. The molecular formula is C15H15ClN4O2S. The summed E-state index contributed by atoms with van der Waals surface area (Å²) in [5, 5.41) is 13.3. The number of nitrogens with one attached hydrogen (secondary N) is 1. The largest absolute Gasteiger partial charge is 0.396 e. The molecule has 0 radical (unpaired) electrons. The standard InChI is InChI=1S/C15H15ClN4O2S/c1-9-12(6-7-21)13(22)20-14(17-9)18-15(19-20)23-8-10-2-4-11(16)5-3-10/h2-5,21H,6-8H2,1H3,(H,17,18,19). The van der Waals surface area contributed by atoms with Crippen LogP contribution < -0.4 is 5.56 Å². The fraction of sp³-hybridized carbons (Fsp3) is 0.267. The first kappa shape index (κ1) is 16.0. The maximum absolute atomic E-state index is 12.4. The van der Waals surface area contributed by atoms with E-state index < -0.39 is 0 Å². The fourth-order valence-electron chi connectivity index (χ4n) is 2.23. The summed E-state index contributed by atoms with van der Waals surface area (Å²) in [6.07, 6.45) is 0.285. The summed E-state index contributed by atoms with van der Waals surface area (Å²) in [7, 11) is 0. The van der Waals surface area contributed by atoms with Crippen LogP contribution in [0.3, 0.4) is 0 Å². The van der Waals surface area contributed by atoms with Gasteiger partial charge in [0.05, 0.1) is 5.69 Å². The third-order valence-corrected chi connectivity index (χ3v) is 4.61. The summed E-state index contributed by atoms with van der Waals surface area (Å²) >= 11 is 7.35. The maximum atomic E-state index is 12.4. The molecule has 0 saturated heterocycles. The molecule has 2 N–H and O–H groups in total. The van der Waals surface area contributed by atoms with E-state index >= 15 is 0 Å². The van der Waals surface area contributed by atoms with Crippen LogP contribution >= 0.6 is 23.4 Å². The first-order valence-electron chi connectivity index (χ1n) is 7.05. The summed E-state index contributed by atoms with van der Waals surface area (Å²) in [4.78, 5) is 21.0. The first-order valence-corrected chi connectivity index (χ1v) is 8.41. The molecule has 6 nitrogen and oxygen atoms in total. The monoisotopic (exact) mass is 350 g/mol. The van der Waals surface area contributed by atoms with Gasteiger partial charge in [0.15, 0.2) is 5.16 Å². The molecule has 0 atom stereocenters. The zero-order valence-corrected chi connectivity index (χ0v) is 14.0. The molecule has 0 bridgehead atoms. The molecule has 2 heterocycles. The highest BCUT2D eigenvalue weighted by Gasteiger charge is 2.13. The van der Waals surface area contributed by atoms with Gasteiger partial charge in [-0.25, -0.2) is 4.98 Å². The van der Waals surface area contributed by atoms with E-state index in [1.165, 1.54) is 16.3 Å². The Morgan fingerprint density at radius 2 is 2.04 bits per heavy atom. The minimum atomic E-state index is -0.215. The van der Waals surface area contributed by atoms with E-state index in [4.69, 9.17) is 16.7 Å². The molecule has 23 heavy (non-hydrogen) atoms. The molecule has 0 amide bonds. The molecule has 0 aliphatic carbocycles. The second-order valence-electron chi connectivity index (χ2n) is 5.03. The summed E-state index contributed by atoms with van der Waals surface area (Å²) in [6.45, 7) is 1.66. The van der Waals surface area contributed by atoms with Crippen LogP contribution in [0.15, 0.2) is 34.2 Å². The quantitative estimate of drug-likeness (QED) is 0.689. The van der Waals surface area contributed by atoms with Gasteiger partial charge in [0.2, 0.25) is 0 Å². The molecule has 3 aromatic rings. The second kappa shape index (κ2) is 6.74. The molecule has 0 unspecified atom stereocenters. The van der Waals surface area contributed by atoms with Crippen molar-refractivity contribution in [2.45, 2.75) is 24.3 Å². The van der Waals surface area contributed by atoms with E-state index in [1.54, 1.807) is 6.92 Å². The number of benzene rings is 1. The number of rotatable bonds is 5. The van der Waals surface area contributed by atoms with Crippen LogP contribution in [0.2, 0.25) is 5.02 Å². The number of aromatic nitrogens is 4. The lowest BCUT2D eigenvalue weighted by Crippen LogP contribution is -2.22. The van der Waals surface area contributed by atoms with Gasteiger partial charge in [0.25, 0.3) is 11.3 Å². The van der Waals surface area contributed by atoms with Crippen molar-refractivity contribution < 1.29 is 5.11 Å². The summed E-state index contributed by atoms with van der Waals surface area (Å²) in [5.41, 5.74) is 2.00. The number of fused-ring (bicyclic) bond motifs is 1. The van der Waals surface area contributed by atoms with Gasteiger partial charge in [-0.1, -0.05) is 35.5 Å². The Morgan fingerprint density at radius 3 is 2.74 bits per heavy atom. The van der Waals surface area contributed by atoms with Crippen molar-refractivity contribution >= 4 is 29.1 Å². The zero-order chi connectivity index (χ0) is 16.4. The third kappa shape index (κ3) is 3.41. The van der Waals surface area contributed by atoms with E-state index in [1.807, 2.05) is 24.3 Å². The van der Waals surface area contributed by atoms with Crippen LogP contribution in [0.5, 0.6) is 0 Å². The Balaban J connectivity index is 1.86. The summed E-state index contributed by atoms with van der Waals surface area (Å²) < 4.78 is 1.32. The van der Waals surface area contributed by atoms with Crippen LogP contribution in [0.4, 0.5) is 0 Å². The van der Waals surface area contributed by atoms with Gasteiger partial charge in [-0.2, -0.15) is 9.50 Å². The topological polar surface area (TPSA) is 83.3 Å². The van der Waals surface area contributed by atoms with Gasteiger partial charge in [-0.3, -0.25) is 9.89 Å². The smallest absolute Gasteiger partial charge is 0.277 e. The molecule has 0 aliphatic rings. The average molecular weight is 351 g/mol. The first-order chi connectivity index (χ1) is 11.1. The lowest BCUT2D eigenvalue weighted by molar-refractivity contribution is 0.298. The molecule has 8 heteroatoms. The minimum absolute atomic E-state index is 0.0872. The van der Waals surface area contributed by atoms with Gasteiger partial charge in [0, 0.05) is 29.4 Å². The molecule has 120 valence electrons. The normalized spacial score (nSPS) is 11.3. The van der Waals surface area contributed by atoms with Gasteiger partial charge in [-0.05, 0) is 24.6 Å². The zero-order valence-electron chi connectivity index (χ0n) is 12.4. The van der Waals surface area contributed by atoms with E-state index in [-0.39, 0.29) is 18.6 Å². The number of aromatic amines is 1. The molecule has 0 aliphatic heterocycles. The van der Waals surface area contributed by atoms with E-state index in [0.29, 0.717) is 33.0 Å². The Kier molecular flexibility index (Phi) is 4.70. The Bertz CT molecular complexity index is 889. The molecular weight excluding hydrogens is 336 g/mol. The average Bonchev–Trinajstić information content (AvgIpc) is 2.94. The van der Waals surface area contributed by atoms with Gasteiger partial charge in [0.1, 0.15) is 0 Å². The fourth-order valence-corrected chi connectivity index (χ4v) is 3.16. The van der Waals surface area contributed by atoms with Gasteiger partial charge >= 0.3 is 0 Å². The van der Waals surface area contributed by atoms with Gasteiger partial charge < -0.3 is 5.11 Å². The van der Waals surface area contributed by atoms with E-state index in [9.17, 15) is 4.79 Å². The number of hydrogen-bond donors (Lipinski definition) is 2. The van der Waals surface area contributed by atoms with Crippen molar-refractivity contribution in [2.24, 2.45) is 0 Å². The molecule has 1 aromatic carbocycles. The summed E-state index contributed by atoms with van der Waals surface area (Å²) in [5.74, 6) is 1.04. The molecule has 0 spiro atoms. The van der Waals surface area contributed by atoms with Crippen molar-refractivity contribution in [2.75, 3.05) is 6.61 Å². The molecule has 3 rings (SSSR count). The Morgan fingerprint density at radius 1 is 1.30 bits per heavy atom. The minimum Gasteiger partial charge on any atom is -0.396 e. The highest BCUT2D eigenvalue weighted by atomic mass is 35.5. The van der Waals surface area contributed by atoms with Gasteiger partial charge in [-0.15, -0.1) is 0 Å². The number of aryl methyl sites for hydroxylation is 1. The number of aliphatic hydroxyl groups excluding tert-OH is 1. The number of hydrogen-bond acceptors (Lipinski definition) is 5. The lowest BCUT2D eigenvalue weighted by atomic mass is 10.2. The summed E-state index contributed by atoms with van der Waals surface area (Å²) in [6, 6.07) is 7.58. The van der Waals surface area contributed by atoms with Crippen molar-refractivity contribution in [1.29, 1.82) is 0 Å². The Hall–Kier alpha value is -1.83. The van der Waals surface area contributed by atoms with Crippen molar-refractivity contribution in [3.05, 3.63) is 56.5 Å². The predicted octanol–water partition coefficient (Wildman–Crippen LogP) is 2.21. The van der Waals surface area contributed by atoms with Crippen LogP contribution in [-0.4, -0.2) is 31.3 Å². The highest BCUT2D eigenvalue weighted by molar-refractivity contribution is 7.98. The highest BCUT2D eigenvalue weighted by Crippen LogP contribution is 2.20. The molecule has 0 saturated carbocycles.